The highest BCUT2D eigenvalue weighted by atomic mass is 16.1. The third-order valence-corrected chi connectivity index (χ3v) is 3.39. The van der Waals surface area contributed by atoms with E-state index < -0.39 is 0 Å². The Labute approximate surface area is 111 Å². The van der Waals surface area contributed by atoms with Crippen LogP contribution in [0.15, 0.2) is 24.3 Å². The SMILES string of the molecule is CCCCCC(=O)Nc1ccccc1C(C)CC. The lowest BCUT2D eigenvalue weighted by molar-refractivity contribution is -0.116. The fourth-order valence-corrected chi connectivity index (χ4v) is 2.01. The third kappa shape index (κ3) is 4.52. The van der Waals surface area contributed by atoms with E-state index in [-0.39, 0.29) is 5.91 Å². The van der Waals surface area contributed by atoms with Crippen molar-refractivity contribution in [3.8, 4) is 0 Å². The van der Waals surface area contributed by atoms with Crippen molar-refractivity contribution in [3.63, 3.8) is 0 Å². The van der Waals surface area contributed by atoms with E-state index >= 15 is 0 Å². The van der Waals surface area contributed by atoms with Crippen LogP contribution in [0.25, 0.3) is 0 Å². The number of para-hydroxylation sites is 1. The smallest absolute Gasteiger partial charge is 0.224 e. The van der Waals surface area contributed by atoms with Crippen LogP contribution in [0.4, 0.5) is 5.69 Å². The van der Waals surface area contributed by atoms with Crippen molar-refractivity contribution < 1.29 is 4.79 Å². The van der Waals surface area contributed by atoms with Crippen LogP contribution in [0.1, 0.15) is 64.4 Å². The molecule has 0 fully saturated rings. The summed E-state index contributed by atoms with van der Waals surface area (Å²) in [5, 5.41) is 3.05. The molecule has 0 saturated carbocycles. The zero-order valence-corrected chi connectivity index (χ0v) is 11.8. The highest BCUT2D eigenvalue weighted by Crippen LogP contribution is 2.26. The molecule has 0 spiro atoms. The number of rotatable bonds is 7. The van der Waals surface area contributed by atoms with E-state index in [1.807, 2.05) is 18.2 Å². The van der Waals surface area contributed by atoms with Crippen LogP contribution in [0.5, 0.6) is 0 Å². The van der Waals surface area contributed by atoms with Gasteiger partial charge in [-0.3, -0.25) is 4.79 Å². The van der Waals surface area contributed by atoms with Crippen LogP contribution < -0.4 is 5.32 Å². The molecule has 1 atom stereocenters. The Morgan fingerprint density at radius 3 is 2.61 bits per heavy atom. The average molecular weight is 247 g/mol. The minimum Gasteiger partial charge on any atom is -0.326 e. The van der Waals surface area contributed by atoms with Crippen molar-refractivity contribution in [2.75, 3.05) is 5.32 Å². The maximum absolute atomic E-state index is 11.8. The fourth-order valence-electron chi connectivity index (χ4n) is 2.01. The van der Waals surface area contributed by atoms with E-state index in [1.165, 1.54) is 5.56 Å². The number of benzene rings is 1. The maximum Gasteiger partial charge on any atom is 0.224 e. The molecule has 1 aromatic rings. The first-order valence-electron chi connectivity index (χ1n) is 7.07. The molecule has 0 aliphatic carbocycles. The molecular weight excluding hydrogens is 222 g/mol. The van der Waals surface area contributed by atoms with Gasteiger partial charge in [-0.1, -0.05) is 51.8 Å². The molecule has 100 valence electrons. The van der Waals surface area contributed by atoms with E-state index in [0.717, 1.165) is 31.4 Å². The van der Waals surface area contributed by atoms with Gasteiger partial charge in [0, 0.05) is 12.1 Å². The molecule has 0 radical (unpaired) electrons. The molecule has 1 rings (SSSR count). The van der Waals surface area contributed by atoms with Crippen molar-refractivity contribution in [3.05, 3.63) is 29.8 Å². The van der Waals surface area contributed by atoms with Crippen molar-refractivity contribution in [2.45, 2.75) is 58.8 Å². The second-order valence-corrected chi connectivity index (χ2v) is 4.90. The summed E-state index contributed by atoms with van der Waals surface area (Å²) in [6, 6.07) is 8.12. The Hall–Kier alpha value is -1.31. The van der Waals surface area contributed by atoms with Crippen LogP contribution in [0.2, 0.25) is 0 Å². The molecule has 0 aliphatic heterocycles. The van der Waals surface area contributed by atoms with Crippen molar-refractivity contribution in [1.29, 1.82) is 0 Å². The van der Waals surface area contributed by atoms with Crippen molar-refractivity contribution in [1.82, 2.24) is 0 Å². The summed E-state index contributed by atoms with van der Waals surface area (Å²) in [4.78, 5) is 11.8. The van der Waals surface area contributed by atoms with Gasteiger partial charge < -0.3 is 5.32 Å². The Balaban J connectivity index is 2.63. The summed E-state index contributed by atoms with van der Waals surface area (Å²) < 4.78 is 0. The van der Waals surface area contributed by atoms with Gasteiger partial charge in [-0.2, -0.15) is 0 Å². The standard InChI is InChI=1S/C16H25NO/c1-4-6-7-12-16(18)17-15-11-9-8-10-14(15)13(3)5-2/h8-11,13H,4-7,12H2,1-3H3,(H,17,18). The summed E-state index contributed by atoms with van der Waals surface area (Å²) in [6.07, 6.45) is 4.97. The number of hydrogen-bond acceptors (Lipinski definition) is 1. The van der Waals surface area contributed by atoms with Gasteiger partial charge in [-0.25, -0.2) is 0 Å². The lowest BCUT2D eigenvalue weighted by Gasteiger charge is -2.15. The fraction of sp³-hybridized carbons (Fsp3) is 0.562. The number of anilines is 1. The summed E-state index contributed by atoms with van der Waals surface area (Å²) in [5.41, 5.74) is 2.22. The molecule has 2 heteroatoms. The second-order valence-electron chi connectivity index (χ2n) is 4.90. The maximum atomic E-state index is 11.8. The zero-order valence-electron chi connectivity index (χ0n) is 11.8. The van der Waals surface area contributed by atoms with E-state index in [1.54, 1.807) is 0 Å². The molecule has 0 heterocycles. The van der Waals surface area contributed by atoms with Crippen LogP contribution in [0.3, 0.4) is 0 Å². The number of carbonyl (C=O) groups is 1. The molecule has 2 nitrogen and oxygen atoms in total. The number of nitrogens with one attached hydrogen (secondary N) is 1. The Kier molecular flexibility index (Phi) is 6.48. The van der Waals surface area contributed by atoms with Gasteiger partial charge in [0.15, 0.2) is 0 Å². The average Bonchev–Trinajstić information content (AvgIpc) is 2.39. The molecule has 1 aromatic carbocycles. The zero-order chi connectivity index (χ0) is 13.4. The predicted octanol–water partition coefficient (Wildman–Crippen LogP) is 4.72. The highest BCUT2D eigenvalue weighted by molar-refractivity contribution is 5.91. The van der Waals surface area contributed by atoms with E-state index in [2.05, 4.69) is 32.2 Å². The van der Waals surface area contributed by atoms with Gasteiger partial charge in [0.1, 0.15) is 0 Å². The molecule has 0 saturated heterocycles. The molecule has 0 bridgehead atoms. The van der Waals surface area contributed by atoms with Crippen LogP contribution >= 0.6 is 0 Å². The first kappa shape index (κ1) is 14.7. The van der Waals surface area contributed by atoms with Crippen LogP contribution in [0, 0.1) is 0 Å². The number of unbranched alkanes of at least 4 members (excludes halogenated alkanes) is 2. The molecule has 1 N–H and O–H groups in total. The number of amides is 1. The molecule has 1 amide bonds. The van der Waals surface area contributed by atoms with Crippen molar-refractivity contribution >= 4 is 11.6 Å². The quantitative estimate of drug-likeness (QED) is 0.694. The van der Waals surface area contributed by atoms with Gasteiger partial charge in [0.25, 0.3) is 0 Å². The van der Waals surface area contributed by atoms with Gasteiger partial charge in [-0.15, -0.1) is 0 Å². The first-order chi connectivity index (χ1) is 8.69. The van der Waals surface area contributed by atoms with Crippen LogP contribution in [-0.2, 0) is 4.79 Å². The Morgan fingerprint density at radius 1 is 1.22 bits per heavy atom. The number of hydrogen-bond donors (Lipinski definition) is 1. The van der Waals surface area contributed by atoms with Gasteiger partial charge in [-0.05, 0) is 30.4 Å². The summed E-state index contributed by atoms with van der Waals surface area (Å²) in [6.45, 7) is 6.52. The van der Waals surface area contributed by atoms with E-state index in [4.69, 9.17) is 0 Å². The van der Waals surface area contributed by atoms with Crippen LogP contribution in [-0.4, -0.2) is 5.91 Å². The Morgan fingerprint density at radius 2 is 1.94 bits per heavy atom. The highest BCUT2D eigenvalue weighted by Gasteiger charge is 2.10. The summed E-state index contributed by atoms with van der Waals surface area (Å²) >= 11 is 0. The molecule has 18 heavy (non-hydrogen) atoms. The topological polar surface area (TPSA) is 29.1 Å². The third-order valence-electron chi connectivity index (χ3n) is 3.39. The number of carbonyl (C=O) groups excluding carboxylic acids is 1. The van der Waals surface area contributed by atoms with Gasteiger partial charge in [0.05, 0.1) is 0 Å². The van der Waals surface area contributed by atoms with Crippen molar-refractivity contribution in [2.24, 2.45) is 0 Å². The van der Waals surface area contributed by atoms with E-state index in [9.17, 15) is 4.79 Å². The molecule has 0 aromatic heterocycles. The lowest BCUT2D eigenvalue weighted by atomic mass is 9.97. The predicted molar refractivity (Wildman–Crippen MR) is 77.9 cm³/mol. The largest absolute Gasteiger partial charge is 0.326 e. The Bertz CT molecular complexity index is 373. The molecule has 0 aliphatic rings. The summed E-state index contributed by atoms with van der Waals surface area (Å²) in [5.74, 6) is 0.622. The van der Waals surface area contributed by atoms with Gasteiger partial charge in [0.2, 0.25) is 5.91 Å². The minimum atomic E-state index is 0.138. The minimum absolute atomic E-state index is 0.138. The van der Waals surface area contributed by atoms with Gasteiger partial charge >= 0.3 is 0 Å². The molecule has 1 unspecified atom stereocenters. The summed E-state index contributed by atoms with van der Waals surface area (Å²) in [7, 11) is 0. The second kappa shape index (κ2) is 7.91. The monoisotopic (exact) mass is 247 g/mol. The lowest BCUT2D eigenvalue weighted by Crippen LogP contribution is -2.13. The first-order valence-corrected chi connectivity index (χ1v) is 7.07. The normalized spacial score (nSPS) is 12.2. The van der Waals surface area contributed by atoms with E-state index in [0.29, 0.717) is 12.3 Å². The molecular formula is C16H25NO.